The first-order valence-corrected chi connectivity index (χ1v) is 6.59. The Morgan fingerprint density at radius 1 is 1.32 bits per heavy atom. The molecule has 22 heavy (non-hydrogen) atoms. The van der Waals surface area contributed by atoms with Crippen LogP contribution < -0.4 is 4.74 Å². The molecule has 0 unspecified atom stereocenters. The van der Waals surface area contributed by atoms with Crippen molar-refractivity contribution in [2.45, 2.75) is 13.3 Å². The molecule has 2 aromatic rings. The molecule has 0 aliphatic heterocycles. The molecule has 0 N–H and O–H groups in total. The van der Waals surface area contributed by atoms with Crippen LogP contribution in [0.4, 0.5) is 4.39 Å². The Morgan fingerprint density at radius 3 is 2.64 bits per heavy atom. The third-order valence-electron chi connectivity index (χ3n) is 3.19. The van der Waals surface area contributed by atoms with E-state index in [0.29, 0.717) is 21.9 Å². The Morgan fingerprint density at radius 2 is 2.05 bits per heavy atom. The van der Waals surface area contributed by atoms with Crippen LogP contribution in [0.25, 0.3) is 16.8 Å². The molecule has 5 heteroatoms. The normalized spacial score (nSPS) is 10.3. The van der Waals surface area contributed by atoms with Crippen molar-refractivity contribution in [3.8, 4) is 5.75 Å². The van der Waals surface area contributed by atoms with E-state index in [9.17, 15) is 14.0 Å². The number of carbonyl (C=O) groups is 2. The van der Waals surface area contributed by atoms with E-state index in [-0.39, 0.29) is 12.2 Å². The van der Waals surface area contributed by atoms with Crippen molar-refractivity contribution in [2.75, 3.05) is 7.11 Å². The summed E-state index contributed by atoms with van der Waals surface area (Å²) in [5.74, 6) is -1.22. The van der Waals surface area contributed by atoms with Crippen LogP contribution >= 0.6 is 0 Å². The lowest BCUT2D eigenvalue weighted by atomic mass is 9.97. The number of rotatable bonds is 4. The summed E-state index contributed by atoms with van der Waals surface area (Å²) >= 11 is 0. The van der Waals surface area contributed by atoms with Gasteiger partial charge in [-0.1, -0.05) is 18.7 Å². The van der Waals surface area contributed by atoms with Gasteiger partial charge in [-0.3, -0.25) is 9.59 Å². The number of hydrogen-bond acceptors (Lipinski definition) is 4. The van der Waals surface area contributed by atoms with Crippen LogP contribution in [-0.2, 0) is 20.7 Å². The highest BCUT2D eigenvalue weighted by Crippen LogP contribution is 2.35. The summed E-state index contributed by atoms with van der Waals surface area (Å²) < 4.78 is 23.4. The molecule has 0 amide bonds. The molecule has 0 atom stereocenters. The molecule has 0 radical (unpaired) electrons. The number of fused-ring (bicyclic) bond motifs is 1. The standard InChI is InChI=1S/C17H15FO4/c1-4-14-12(8-16(20)21-3)7-11-5-6-13(18)9-15(11)17(14)22-10(2)19/h4-7,9H,1,8H2,2-3H3. The van der Waals surface area contributed by atoms with E-state index in [0.717, 1.165) is 0 Å². The predicted octanol–water partition coefficient (Wildman–Crippen LogP) is 3.26. The largest absolute Gasteiger partial charge is 0.469 e. The second kappa shape index (κ2) is 6.39. The van der Waals surface area contributed by atoms with Gasteiger partial charge in [-0.2, -0.15) is 0 Å². The van der Waals surface area contributed by atoms with Crippen LogP contribution in [0, 0.1) is 5.82 Å². The Bertz CT molecular complexity index is 765. The third-order valence-corrected chi connectivity index (χ3v) is 3.19. The summed E-state index contributed by atoms with van der Waals surface area (Å²) in [6.07, 6.45) is 1.47. The zero-order chi connectivity index (χ0) is 16.3. The average molecular weight is 302 g/mol. The van der Waals surface area contributed by atoms with Gasteiger partial charge in [-0.15, -0.1) is 0 Å². The van der Waals surface area contributed by atoms with Crippen LogP contribution in [-0.4, -0.2) is 19.0 Å². The molecule has 0 aliphatic rings. The molecule has 0 heterocycles. The predicted molar refractivity (Wildman–Crippen MR) is 81.0 cm³/mol. The quantitative estimate of drug-likeness (QED) is 0.642. The molecule has 2 aromatic carbocycles. The zero-order valence-electron chi connectivity index (χ0n) is 12.3. The average Bonchev–Trinajstić information content (AvgIpc) is 2.47. The molecule has 0 aliphatic carbocycles. The van der Waals surface area contributed by atoms with Gasteiger partial charge >= 0.3 is 11.9 Å². The van der Waals surface area contributed by atoms with E-state index < -0.39 is 17.8 Å². The van der Waals surface area contributed by atoms with E-state index in [1.165, 1.54) is 32.2 Å². The van der Waals surface area contributed by atoms with Gasteiger partial charge in [0.15, 0.2) is 0 Å². The zero-order valence-corrected chi connectivity index (χ0v) is 12.3. The maximum absolute atomic E-state index is 13.5. The number of methoxy groups -OCH3 is 1. The van der Waals surface area contributed by atoms with Gasteiger partial charge in [0.05, 0.1) is 13.5 Å². The van der Waals surface area contributed by atoms with Gasteiger partial charge in [0, 0.05) is 17.9 Å². The number of carbonyl (C=O) groups excluding carboxylic acids is 2. The first kappa shape index (κ1) is 15.7. The highest BCUT2D eigenvalue weighted by atomic mass is 19.1. The van der Waals surface area contributed by atoms with Gasteiger partial charge in [0.2, 0.25) is 0 Å². The Kier molecular flexibility index (Phi) is 4.56. The van der Waals surface area contributed by atoms with Crippen LogP contribution in [0.3, 0.4) is 0 Å². The summed E-state index contributed by atoms with van der Waals surface area (Å²) in [7, 11) is 1.29. The van der Waals surface area contributed by atoms with E-state index in [1.54, 1.807) is 12.1 Å². The fourth-order valence-electron chi connectivity index (χ4n) is 2.26. The lowest BCUT2D eigenvalue weighted by Crippen LogP contribution is -2.09. The van der Waals surface area contributed by atoms with Crippen molar-refractivity contribution in [3.05, 3.63) is 47.8 Å². The van der Waals surface area contributed by atoms with Crippen molar-refractivity contribution in [1.82, 2.24) is 0 Å². The van der Waals surface area contributed by atoms with Crippen LogP contribution in [0.1, 0.15) is 18.1 Å². The van der Waals surface area contributed by atoms with E-state index in [4.69, 9.17) is 4.74 Å². The lowest BCUT2D eigenvalue weighted by Gasteiger charge is -2.14. The molecule has 0 aromatic heterocycles. The third kappa shape index (κ3) is 3.14. The molecule has 2 rings (SSSR count). The van der Waals surface area contributed by atoms with Crippen molar-refractivity contribution in [3.63, 3.8) is 0 Å². The van der Waals surface area contributed by atoms with E-state index in [1.807, 2.05) is 0 Å². The molecule has 0 saturated heterocycles. The highest BCUT2D eigenvalue weighted by Gasteiger charge is 2.17. The second-order valence-corrected chi connectivity index (χ2v) is 4.69. The van der Waals surface area contributed by atoms with E-state index in [2.05, 4.69) is 11.3 Å². The number of ether oxygens (including phenoxy) is 2. The molecular weight excluding hydrogens is 287 g/mol. The summed E-state index contributed by atoms with van der Waals surface area (Å²) in [5, 5.41) is 1.10. The number of benzene rings is 2. The second-order valence-electron chi connectivity index (χ2n) is 4.69. The molecule has 0 spiro atoms. The maximum Gasteiger partial charge on any atom is 0.310 e. The minimum atomic E-state index is -0.538. The molecule has 0 fully saturated rings. The van der Waals surface area contributed by atoms with Crippen LogP contribution in [0.2, 0.25) is 0 Å². The Hall–Kier alpha value is -2.69. The Balaban J connectivity index is 2.75. The first-order chi connectivity index (χ1) is 10.5. The van der Waals surface area contributed by atoms with Gasteiger partial charge in [-0.05, 0) is 29.1 Å². The smallest absolute Gasteiger partial charge is 0.310 e. The monoisotopic (exact) mass is 302 g/mol. The number of halogens is 1. The summed E-state index contributed by atoms with van der Waals surface area (Å²) in [4.78, 5) is 22.9. The molecule has 0 bridgehead atoms. The summed E-state index contributed by atoms with van der Waals surface area (Å²) in [5.41, 5.74) is 1.07. The summed E-state index contributed by atoms with van der Waals surface area (Å²) in [6, 6.07) is 5.87. The summed E-state index contributed by atoms with van der Waals surface area (Å²) in [6.45, 7) is 4.94. The number of esters is 2. The first-order valence-electron chi connectivity index (χ1n) is 6.59. The van der Waals surface area contributed by atoms with Gasteiger partial charge in [0.25, 0.3) is 0 Å². The minimum absolute atomic E-state index is 0.000561. The van der Waals surface area contributed by atoms with Gasteiger partial charge < -0.3 is 9.47 Å². The van der Waals surface area contributed by atoms with Crippen LogP contribution in [0.5, 0.6) is 5.75 Å². The van der Waals surface area contributed by atoms with Crippen molar-refractivity contribution in [1.29, 1.82) is 0 Å². The van der Waals surface area contributed by atoms with Crippen LogP contribution in [0.15, 0.2) is 30.8 Å². The highest BCUT2D eigenvalue weighted by molar-refractivity contribution is 5.95. The van der Waals surface area contributed by atoms with Crippen molar-refractivity contribution in [2.24, 2.45) is 0 Å². The maximum atomic E-state index is 13.5. The van der Waals surface area contributed by atoms with Crippen molar-refractivity contribution >= 4 is 28.8 Å². The fraction of sp³-hybridized carbons (Fsp3) is 0.176. The van der Waals surface area contributed by atoms with Gasteiger partial charge in [-0.25, -0.2) is 4.39 Å². The molecule has 114 valence electrons. The topological polar surface area (TPSA) is 52.6 Å². The fourth-order valence-corrected chi connectivity index (χ4v) is 2.26. The number of hydrogen-bond donors (Lipinski definition) is 0. The minimum Gasteiger partial charge on any atom is -0.469 e. The SMILES string of the molecule is C=Cc1c(CC(=O)OC)cc2ccc(F)cc2c1OC(C)=O. The van der Waals surface area contributed by atoms with Gasteiger partial charge in [0.1, 0.15) is 11.6 Å². The lowest BCUT2D eigenvalue weighted by molar-refractivity contribution is -0.139. The van der Waals surface area contributed by atoms with E-state index >= 15 is 0 Å². The molecule has 4 nitrogen and oxygen atoms in total. The Labute approximate surface area is 127 Å². The molecule has 0 saturated carbocycles. The van der Waals surface area contributed by atoms with Crippen molar-refractivity contribution < 1.29 is 23.5 Å². The molecular formula is C17H15FO4.